The van der Waals surface area contributed by atoms with E-state index < -0.39 is 23.6 Å². The van der Waals surface area contributed by atoms with Crippen LogP contribution in [0.2, 0.25) is 0 Å². The lowest BCUT2D eigenvalue weighted by atomic mass is 9.34. The van der Waals surface area contributed by atoms with Crippen molar-refractivity contribution in [1.82, 2.24) is 0 Å². The Morgan fingerprint density at radius 2 is 1.65 bits per heavy atom. The highest BCUT2D eigenvalue weighted by atomic mass is 16.4. The van der Waals surface area contributed by atoms with Gasteiger partial charge in [-0.05, 0) is 103 Å². The third-order valence-electron chi connectivity index (χ3n) is 13.1. The van der Waals surface area contributed by atoms with E-state index in [0.29, 0.717) is 30.1 Å². The van der Waals surface area contributed by atoms with Crippen molar-refractivity contribution in [3.05, 3.63) is 11.6 Å². The van der Waals surface area contributed by atoms with E-state index in [2.05, 4.69) is 54.5 Å². The van der Waals surface area contributed by atoms with Crippen LogP contribution in [0.25, 0.3) is 0 Å². The maximum absolute atomic E-state index is 12.8. The van der Waals surface area contributed by atoms with Crippen molar-refractivity contribution in [2.45, 2.75) is 112 Å². The van der Waals surface area contributed by atoms with Crippen molar-refractivity contribution >= 4 is 5.97 Å². The second-order valence-electron chi connectivity index (χ2n) is 14.7. The van der Waals surface area contributed by atoms with Crippen LogP contribution in [-0.2, 0) is 4.79 Å². The second-order valence-corrected chi connectivity index (χ2v) is 14.7. The van der Waals surface area contributed by atoms with Crippen molar-refractivity contribution < 1.29 is 20.1 Å². The van der Waals surface area contributed by atoms with E-state index in [1.165, 1.54) is 5.57 Å². The molecule has 0 aliphatic heterocycles. The number of aliphatic hydroxyl groups excluding tert-OH is 2. The van der Waals surface area contributed by atoms with Crippen LogP contribution < -0.4 is 0 Å². The van der Waals surface area contributed by atoms with Crippen LogP contribution >= 0.6 is 0 Å². The van der Waals surface area contributed by atoms with Crippen LogP contribution in [0.5, 0.6) is 0 Å². The highest BCUT2D eigenvalue weighted by molar-refractivity contribution is 5.77. The summed E-state index contributed by atoms with van der Waals surface area (Å²) in [6, 6.07) is 0. The number of carboxylic acids is 1. The smallest absolute Gasteiger partial charge is 0.310 e. The first-order valence-electron chi connectivity index (χ1n) is 14.0. The predicted octanol–water partition coefficient (Wildman–Crippen LogP) is 6.06. The van der Waals surface area contributed by atoms with Crippen LogP contribution in [0.4, 0.5) is 0 Å². The summed E-state index contributed by atoms with van der Waals surface area (Å²) >= 11 is 0. The zero-order valence-electron chi connectivity index (χ0n) is 22.5. The van der Waals surface area contributed by atoms with E-state index in [-0.39, 0.29) is 27.6 Å². The molecule has 5 rings (SSSR count). The van der Waals surface area contributed by atoms with Crippen molar-refractivity contribution in [3.63, 3.8) is 0 Å². The van der Waals surface area contributed by atoms with Gasteiger partial charge in [0.1, 0.15) is 0 Å². The van der Waals surface area contributed by atoms with E-state index in [4.69, 9.17) is 0 Å². The Morgan fingerprint density at radius 3 is 2.26 bits per heavy atom. The van der Waals surface area contributed by atoms with Crippen LogP contribution in [0.1, 0.15) is 99.8 Å². The Kier molecular flexibility index (Phi) is 5.36. The van der Waals surface area contributed by atoms with E-state index in [1.807, 2.05) is 0 Å². The first-order valence-corrected chi connectivity index (χ1v) is 14.0. The lowest BCUT2D eigenvalue weighted by Crippen LogP contribution is -2.66. The van der Waals surface area contributed by atoms with Crippen LogP contribution in [0, 0.1) is 56.7 Å². The summed E-state index contributed by atoms with van der Waals surface area (Å²) in [6.45, 7) is 16.3. The minimum atomic E-state index is -0.678. The number of allylic oxidation sites excluding steroid dienone is 2. The Balaban J connectivity index is 1.62. The fraction of sp³-hybridized carbons (Fsp3) is 0.900. The SMILES string of the molecule is CC(C)C1CCC2(C(=O)O)CCC3(C)C(=CCC4C5(C)CC(O)C(O)C(C)(C)C5CCC43C)C12. The largest absolute Gasteiger partial charge is 0.481 e. The van der Waals surface area contributed by atoms with Gasteiger partial charge in [0.05, 0.1) is 17.6 Å². The van der Waals surface area contributed by atoms with Gasteiger partial charge in [-0.1, -0.05) is 60.1 Å². The number of carboxylic acid groups (broad SMARTS) is 1. The third-order valence-corrected chi connectivity index (χ3v) is 13.1. The zero-order chi connectivity index (χ0) is 25.1. The molecule has 3 N–H and O–H groups in total. The first kappa shape index (κ1) is 24.8. The van der Waals surface area contributed by atoms with Crippen LogP contribution in [0.15, 0.2) is 11.6 Å². The van der Waals surface area contributed by atoms with Crippen LogP contribution in [0.3, 0.4) is 0 Å². The molecule has 0 saturated heterocycles. The van der Waals surface area contributed by atoms with E-state index in [9.17, 15) is 20.1 Å². The molecule has 10 atom stereocenters. The second kappa shape index (κ2) is 7.34. The summed E-state index contributed by atoms with van der Waals surface area (Å²) < 4.78 is 0. The molecule has 34 heavy (non-hydrogen) atoms. The van der Waals surface area contributed by atoms with Gasteiger partial charge in [-0.3, -0.25) is 4.79 Å². The van der Waals surface area contributed by atoms with Gasteiger partial charge in [0.15, 0.2) is 0 Å². The molecule has 0 aromatic rings. The molecule has 10 unspecified atom stereocenters. The van der Waals surface area contributed by atoms with E-state index >= 15 is 0 Å². The number of hydrogen-bond acceptors (Lipinski definition) is 3. The number of hydrogen-bond donors (Lipinski definition) is 3. The van der Waals surface area contributed by atoms with Gasteiger partial charge < -0.3 is 15.3 Å². The molecule has 4 heteroatoms. The predicted molar refractivity (Wildman–Crippen MR) is 134 cm³/mol. The number of fused-ring (bicyclic) bond motifs is 7. The van der Waals surface area contributed by atoms with Gasteiger partial charge in [0.25, 0.3) is 0 Å². The normalized spacial score (nSPS) is 53.9. The summed E-state index contributed by atoms with van der Waals surface area (Å²) in [5.41, 5.74) is 0.615. The Labute approximate surface area is 206 Å². The van der Waals surface area contributed by atoms with Gasteiger partial charge in [-0.25, -0.2) is 0 Å². The molecule has 192 valence electrons. The average Bonchev–Trinajstić information content (AvgIpc) is 3.14. The van der Waals surface area contributed by atoms with E-state index in [1.54, 1.807) is 0 Å². The minimum Gasteiger partial charge on any atom is -0.481 e. The molecule has 0 aromatic heterocycles. The van der Waals surface area contributed by atoms with Gasteiger partial charge in [-0.2, -0.15) is 0 Å². The summed E-state index contributed by atoms with van der Waals surface area (Å²) in [5.74, 6) is 1.33. The van der Waals surface area contributed by atoms with Gasteiger partial charge >= 0.3 is 5.97 Å². The maximum Gasteiger partial charge on any atom is 0.310 e. The molecule has 4 nitrogen and oxygen atoms in total. The first-order chi connectivity index (χ1) is 15.7. The van der Waals surface area contributed by atoms with Crippen LogP contribution in [-0.4, -0.2) is 33.5 Å². The monoisotopic (exact) mass is 472 g/mol. The van der Waals surface area contributed by atoms with Crippen molar-refractivity contribution in [3.8, 4) is 0 Å². The maximum atomic E-state index is 12.8. The number of rotatable bonds is 2. The van der Waals surface area contributed by atoms with Crippen molar-refractivity contribution in [1.29, 1.82) is 0 Å². The molecule has 0 aromatic carbocycles. The number of carbonyl (C=O) groups is 1. The summed E-state index contributed by atoms with van der Waals surface area (Å²) in [6.07, 6.45) is 8.58. The zero-order valence-corrected chi connectivity index (χ0v) is 22.5. The average molecular weight is 473 g/mol. The molecule has 0 radical (unpaired) electrons. The van der Waals surface area contributed by atoms with Crippen molar-refractivity contribution in [2.24, 2.45) is 56.7 Å². The number of aliphatic hydroxyl groups is 2. The number of aliphatic carboxylic acids is 1. The molecule has 0 spiro atoms. The molecule has 0 amide bonds. The molecule has 0 bridgehead atoms. The van der Waals surface area contributed by atoms with Gasteiger partial charge in [-0.15, -0.1) is 0 Å². The topological polar surface area (TPSA) is 77.8 Å². The lowest BCUT2D eigenvalue weighted by Gasteiger charge is -2.71. The molecular weight excluding hydrogens is 424 g/mol. The lowest BCUT2D eigenvalue weighted by molar-refractivity contribution is -0.230. The fourth-order valence-corrected chi connectivity index (χ4v) is 11.1. The Bertz CT molecular complexity index is 905. The molecule has 4 saturated carbocycles. The Morgan fingerprint density at radius 1 is 0.971 bits per heavy atom. The molecular formula is C30H48O4. The molecule has 5 aliphatic carbocycles. The highest BCUT2D eigenvalue weighted by Gasteiger charge is 2.70. The molecule has 4 fully saturated rings. The van der Waals surface area contributed by atoms with Gasteiger partial charge in [0.2, 0.25) is 0 Å². The summed E-state index contributed by atoms with van der Waals surface area (Å²) in [4.78, 5) is 12.8. The minimum absolute atomic E-state index is 0.00382. The van der Waals surface area contributed by atoms with E-state index in [0.717, 1.165) is 44.9 Å². The Hall–Kier alpha value is -0.870. The summed E-state index contributed by atoms with van der Waals surface area (Å²) in [7, 11) is 0. The highest BCUT2D eigenvalue weighted by Crippen LogP contribution is 2.76. The third kappa shape index (κ3) is 2.76. The molecule has 0 heterocycles. The quantitative estimate of drug-likeness (QED) is 0.427. The standard InChI is InChI=1S/C30H48O4/c1-17(2)18-10-13-30(25(33)34)15-14-28(6)19(23(18)30)8-9-22-27(5)16-20(31)24(32)26(3,4)21(27)11-12-29(22,28)7/h8,17-18,20-24,31-32H,9-16H2,1-7H3,(H,33,34). The van der Waals surface area contributed by atoms with Gasteiger partial charge in [0, 0.05) is 0 Å². The summed E-state index contributed by atoms with van der Waals surface area (Å²) in [5, 5.41) is 32.4. The fourth-order valence-electron chi connectivity index (χ4n) is 11.1. The van der Waals surface area contributed by atoms with Crippen molar-refractivity contribution in [2.75, 3.05) is 0 Å². The molecule has 5 aliphatic rings.